The van der Waals surface area contributed by atoms with E-state index in [9.17, 15) is 14.2 Å². The Bertz CT molecular complexity index is 2600. The first-order chi connectivity index (χ1) is 31.4. The van der Waals surface area contributed by atoms with Crippen LogP contribution in [0.5, 0.6) is 5.75 Å². The molecule has 5 aromatic rings. The topological polar surface area (TPSA) is 161 Å². The largest absolute Gasteiger partial charge is 0.494 e. The van der Waals surface area contributed by atoms with Crippen molar-refractivity contribution in [2.24, 2.45) is 0 Å². The lowest BCUT2D eigenvalue weighted by Gasteiger charge is -2.46. The third-order valence-corrected chi connectivity index (χ3v) is 15.8. The van der Waals surface area contributed by atoms with Crippen molar-refractivity contribution in [2.45, 2.75) is 69.9 Å². The van der Waals surface area contributed by atoms with E-state index in [1.807, 2.05) is 24.3 Å². The second kappa shape index (κ2) is 19.4. The number of hydrogen-bond donors (Lipinski definition) is 3. The van der Waals surface area contributed by atoms with Crippen LogP contribution in [0.1, 0.15) is 62.5 Å². The van der Waals surface area contributed by atoms with Crippen molar-refractivity contribution in [3.05, 3.63) is 82.7 Å². The molecule has 3 N–H and O–H groups in total. The number of aryl methyl sites for hydroxylation is 1. The predicted octanol–water partition coefficient (Wildman–Crippen LogP) is 7.26. The van der Waals surface area contributed by atoms with Crippen LogP contribution in [0.25, 0.3) is 11.0 Å². The molecule has 2 aromatic heterocycles. The van der Waals surface area contributed by atoms with E-state index in [1.54, 1.807) is 39.0 Å². The minimum absolute atomic E-state index is 0.173. The normalized spacial score (nSPS) is 19.7. The molecule has 17 heteroatoms. The van der Waals surface area contributed by atoms with Crippen LogP contribution < -0.4 is 35.8 Å². The fourth-order valence-corrected chi connectivity index (χ4v) is 12.0. The molecular formula is C48H59BrN11O4P. The first-order valence-electron chi connectivity index (χ1n) is 22.9. The molecule has 6 heterocycles. The second-order valence-electron chi connectivity index (χ2n) is 18.0. The molecule has 0 spiro atoms. The lowest BCUT2D eigenvalue weighted by atomic mass is 9.90. The van der Waals surface area contributed by atoms with E-state index in [1.165, 1.54) is 16.9 Å². The number of carbonyl (C=O) groups is 2. The fraction of sp³-hybridized carbons (Fsp3) is 0.458. The van der Waals surface area contributed by atoms with Crippen LogP contribution in [0.3, 0.4) is 0 Å². The molecule has 1 atom stereocenters. The van der Waals surface area contributed by atoms with Gasteiger partial charge in [0.1, 0.15) is 24.2 Å². The Morgan fingerprint density at radius 3 is 2.17 bits per heavy atom. The number of nitrogens with zero attached hydrogens (tertiary/aromatic N) is 8. The van der Waals surface area contributed by atoms with Gasteiger partial charge >= 0.3 is 0 Å². The van der Waals surface area contributed by atoms with Gasteiger partial charge in [-0.2, -0.15) is 4.98 Å². The number of piperidine rings is 3. The SMILES string of the molecule is CCc1cc(Nc2ncc(Br)c(Nc3ccc4nccnc4c3P(C)(C)=O)n2)c(OC)cc1N1CCC(N2CCN(C3CCN(c4cccc(C5CCC(=O)NC5=O)c4)CC3)CC2)CC1. The average molecular weight is 965 g/mol. The van der Waals surface area contributed by atoms with Crippen LogP contribution in [0.15, 0.2) is 71.6 Å². The molecule has 65 heavy (non-hydrogen) atoms. The fourth-order valence-electron chi connectivity index (χ4n) is 10.3. The van der Waals surface area contributed by atoms with Gasteiger partial charge in [-0.25, -0.2) is 4.98 Å². The Labute approximate surface area is 389 Å². The lowest BCUT2D eigenvalue weighted by molar-refractivity contribution is -0.134. The summed E-state index contributed by atoms with van der Waals surface area (Å²) in [6.07, 6.45) is 11.3. The third-order valence-electron chi connectivity index (χ3n) is 13.7. The quantitative estimate of drug-likeness (QED) is 0.0847. The second-order valence-corrected chi connectivity index (χ2v) is 22.0. The molecule has 15 nitrogen and oxygen atoms in total. The van der Waals surface area contributed by atoms with E-state index in [2.05, 4.69) is 97.6 Å². The molecule has 342 valence electrons. The Balaban J connectivity index is 0.788. The zero-order valence-electron chi connectivity index (χ0n) is 37.7. The summed E-state index contributed by atoms with van der Waals surface area (Å²) >= 11 is 3.61. The summed E-state index contributed by atoms with van der Waals surface area (Å²) < 4.78 is 20.2. The summed E-state index contributed by atoms with van der Waals surface area (Å²) in [6.45, 7) is 14.1. The highest BCUT2D eigenvalue weighted by Gasteiger charge is 2.33. The van der Waals surface area contributed by atoms with Crippen LogP contribution >= 0.6 is 23.1 Å². The van der Waals surface area contributed by atoms with E-state index in [-0.39, 0.29) is 17.7 Å². The maximum atomic E-state index is 13.5. The third kappa shape index (κ3) is 9.87. The first-order valence-corrected chi connectivity index (χ1v) is 26.3. The molecule has 2 amide bonds. The summed E-state index contributed by atoms with van der Waals surface area (Å²) in [5.74, 6) is 1.02. The van der Waals surface area contributed by atoms with E-state index < -0.39 is 7.14 Å². The number of amides is 2. The molecular weight excluding hydrogens is 905 g/mol. The molecule has 4 aliphatic rings. The van der Waals surface area contributed by atoms with Crippen LogP contribution in [-0.4, -0.2) is 126 Å². The van der Waals surface area contributed by atoms with Crippen molar-refractivity contribution in [3.63, 3.8) is 0 Å². The minimum atomic E-state index is -2.77. The zero-order chi connectivity index (χ0) is 45.2. The van der Waals surface area contributed by atoms with Crippen molar-refractivity contribution >= 4 is 85.7 Å². The number of ether oxygens (including phenoxy) is 1. The predicted molar refractivity (Wildman–Crippen MR) is 262 cm³/mol. The number of aromatic nitrogens is 4. The van der Waals surface area contributed by atoms with Crippen molar-refractivity contribution in [1.82, 2.24) is 35.1 Å². The molecule has 4 fully saturated rings. The zero-order valence-corrected chi connectivity index (χ0v) is 40.2. The van der Waals surface area contributed by atoms with Gasteiger partial charge < -0.3 is 29.7 Å². The van der Waals surface area contributed by atoms with E-state index >= 15 is 0 Å². The molecule has 0 bridgehead atoms. The number of benzene rings is 3. The Hall–Kier alpha value is -5.15. The number of methoxy groups -OCH3 is 1. The number of anilines is 6. The molecule has 4 saturated heterocycles. The maximum absolute atomic E-state index is 13.5. The monoisotopic (exact) mass is 963 g/mol. The molecule has 3 aromatic carbocycles. The minimum Gasteiger partial charge on any atom is -0.494 e. The van der Waals surface area contributed by atoms with Gasteiger partial charge in [0.2, 0.25) is 17.8 Å². The molecule has 0 aliphatic carbocycles. The highest BCUT2D eigenvalue weighted by atomic mass is 79.9. The van der Waals surface area contributed by atoms with Gasteiger partial charge in [-0.15, -0.1) is 0 Å². The number of imide groups is 1. The van der Waals surface area contributed by atoms with Gasteiger partial charge in [-0.1, -0.05) is 19.1 Å². The van der Waals surface area contributed by atoms with E-state index in [4.69, 9.17) is 9.72 Å². The van der Waals surface area contributed by atoms with Gasteiger partial charge in [-0.05, 0) is 109 Å². The van der Waals surface area contributed by atoms with Gasteiger partial charge in [0.25, 0.3) is 0 Å². The van der Waals surface area contributed by atoms with Crippen LogP contribution in [0, 0.1) is 0 Å². The number of carbonyl (C=O) groups excluding carboxylic acids is 2. The smallest absolute Gasteiger partial charge is 0.234 e. The molecule has 9 rings (SSSR count). The molecule has 4 aliphatic heterocycles. The summed E-state index contributed by atoms with van der Waals surface area (Å²) in [5, 5.41) is 9.95. The maximum Gasteiger partial charge on any atom is 0.234 e. The number of nitrogens with one attached hydrogen (secondary N) is 3. The Morgan fingerprint density at radius 2 is 1.51 bits per heavy atom. The van der Waals surface area contributed by atoms with E-state index in [0.29, 0.717) is 63.2 Å². The number of halogens is 1. The number of rotatable bonds is 12. The van der Waals surface area contributed by atoms with Crippen molar-refractivity contribution < 1.29 is 18.9 Å². The number of fused-ring (bicyclic) bond motifs is 1. The van der Waals surface area contributed by atoms with Crippen LogP contribution in [-0.2, 0) is 20.6 Å². The lowest BCUT2D eigenvalue weighted by Crippen LogP contribution is -2.56. The molecule has 0 radical (unpaired) electrons. The van der Waals surface area contributed by atoms with E-state index in [0.717, 1.165) is 101 Å². The Kier molecular flexibility index (Phi) is 13.4. The van der Waals surface area contributed by atoms with Crippen molar-refractivity contribution in [1.29, 1.82) is 0 Å². The summed E-state index contributed by atoms with van der Waals surface area (Å²) in [7, 11) is -1.07. The number of piperazine rings is 1. The molecule has 0 saturated carbocycles. The van der Waals surface area contributed by atoms with Gasteiger partial charge in [0, 0.05) is 107 Å². The summed E-state index contributed by atoms with van der Waals surface area (Å²) in [4.78, 5) is 53.0. The van der Waals surface area contributed by atoms with Gasteiger partial charge in [-0.3, -0.25) is 34.7 Å². The summed E-state index contributed by atoms with van der Waals surface area (Å²) in [5.41, 5.74) is 7.34. The number of hydrogen-bond acceptors (Lipinski definition) is 14. The first kappa shape index (κ1) is 45.0. The van der Waals surface area contributed by atoms with Crippen LogP contribution in [0.4, 0.5) is 34.5 Å². The standard InChI is InChI=1S/C48H59BrN11O4P/c1-5-31-28-40(54-48-52-30-37(49)46(56-48)53-39-11-10-38-44(51-18-17-50-38)45(39)65(3,4)63)42(64-2)29-41(31)60-21-15-34(16-22-60)59-25-23-58(24-26-59)33-13-19-57(20-14-33)35-8-6-7-32(27-35)36-9-12-43(61)55-47(36)62/h6-8,10-11,17-18,27-30,33-34,36H,5,9,12-16,19-26H2,1-4H3,(H,55,61,62)(H2,52,53,54,56). The summed E-state index contributed by atoms with van der Waals surface area (Å²) in [6, 6.07) is 17.6. The van der Waals surface area contributed by atoms with Crippen molar-refractivity contribution in [2.75, 3.05) is 93.2 Å². The Morgan fingerprint density at radius 1 is 0.815 bits per heavy atom. The van der Waals surface area contributed by atoms with Gasteiger partial charge in [0.05, 0.1) is 39.7 Å². The van der Waals surface area contributed by atoms with Crippen molar-refractivity contribution in [3.8, 4) is 5.75 Å². The highest BCUT2D eigenvalue weighted by Crippen LogP contribution is 2.42. The highest BCUT2D eigenvalue weighted by molar-refractivity contribution is 9.10. The van der Waals surface area contributed by atoms with Crippen LogP contribution in [0.2, 0.25) is 0 Å². The van der Waals surface area contributed by atoms with Gasteiger partial charge in [0.15, 0.2) is 0 Å². The average Bonchev–Trinajstić information content (AvgIpc) is 3.32. The molecule has 1 unspecified atom stereocenters.